The van der Waals surface area contributed by atoms with E-state index in [1.165, 1.54) is 38.2 Å². The van der Waals surface area contributed by atoms with Gasteiger partial charge >= 0.3 is 0 Å². The minimum absolute atomic E-state index is 1.06. The maximum absolute atomic E-state index is 2.31. The van der Waals surface area contributed by atoms with Crippen molar-refractivity contribution in [3.8, 4) is 0 Å². The van der Waals surface area contributed by atoms with Crippen molar-refractivity contribution >= 4 is 27.1 Å². The lowest BCUT2D eigenvalue weighted by molar-refractivity contribution is 1.45. The lowest BCUT2D eigenvalue weighted by Crippen LogP contribution is -1.83. The molecule has 1 aliphatic carbocycles. The molecule has 0 N–H and O–H groups in total. The highest BCUT2D eigenvalue weighted by Gasteiger charge is 2.05. The van der Waals surface area contributed by atoms with E-state index in [1.54, 1.807) is 0 Å². The van der Waals surface area contributed by atoms with Crippen molar-refractivity contribution in [1.82, 2.24) is 0 Å². The van der Waals surface area contributed by atoms with Crippen LogP contribution in [0.2, 0.25) is 0 Å². The van der Waals surface area contributed by atoms with Crippen LogP contribution in [0.1, 0.15) is 17.5 Å². The van der Waals surface area contributed by atoms with Crippen LogP contribution in [0.15, 0.2) is 66.8 Å². The van der Waals surface area contributed by atoms with E-state index in [2.05, 4.69) is 73.7 Å². The van der Waals surface area contributed by atoms with Crippen LogP contribution < -0.4 is 0 Å². The number of fused-ring (bicyclic) bond motifs is 2. The molecule has 0 atom stereocenters. The lowest BCUT2D eigenvalue weighted by atomic mass is 9.97. The van der Waals surface area contributed by atoms with E-state index < -0.39 is 0 Å². The third-order valence-corrected chi connectivity index (χ3v) is 4.16. The van der Waals surface area contributed by atoms with Crippen LogP contribution in [0, 0.1) is 6.92 Å². The normalized spacial score (nSPS) is 14.2. The van der Waals surface area contributed by atoms with Gasteiger partial charge in [0.15, 0.2) is 0 Å². The molecular weight excluding hydrogens is 240 g/mol. The van der Waals surface area contributed by atoms with Crippen LogP contribution in [0.3, 0.4) is 0 Å². The third-order valence-electron chi connectivity index (χ3n) is 4.16. The van der Waals surface area contributed by atoms with Gasteiger partial charge in [0.25, 0.3) is 0 Å². The summed E-state index contributed by atoms with van der Waals surface area (Å²) in [6.45, 7) is 2.18. The van der Waals surface area contributed by atoms with Gasteiger partial charge in [-0.15, -0.1) is 0 Å². The first-order chi connectivity index (χ1) is 9.81. The maximum Gasteiger partial charge on any atom is -0.0148 e. The Morgan fingerprint density at radius 1 is 0.850 bits per heavy atom. The smallest absolute Gasteiger partial charge is 0.0148 e. The number of hydrogen-bond donors (Lipinski definition) is 0. The average Bonchev–Trinajstić information content (AvgIpc) is 2.99. The fourth-order valence-electron chi connectivity index (χ4n) is 3.03. The summed E-state index contributed by atoms with van der Waals surface area (Å²) in [4.78, 5) is 0. The molecule has 0 saturated heterocycles. The predicted octanol–water partition coefficient (Wildman–Crippen LogP) is 5.64. The van der Waals surface area contributed by atoms with E-state index in [1.807, 2.05) is 0 Å². The second-order valence-corrected chi connectivity index (χ2v) is 5.51. The molecule has 0 spiro atoms. The molecule has 4 rings (SSSR count). The molecule has 0 bridgehead atoms. The van der Waals surface area contributed by atoms with Gasteiger partial charge in [0.1, 0.15) is 0 Å². The van der Waals surface area contributed by atoms with Crippen LogP contribution in [0.5, 0.6) is 0 Å². The molecule has 0 radical (unpaired) electrons. The fraction of sp³-hybridized carbons (Fsp3) is 0.100. The molecule has 20 heavy (non-hydrogen) atoms. The van der Waals surface area contributed by atoms with Crippen molar-refractivity contribution in [1.29, 1.82) is 0 Å². The van der Waals surface area contributed by atoms with E-state index in [4.69, 9.17) is 0 Å². The van der Waals surface area contributed by atoms with E-state index in [0.717, 1.165) is 6.42 Å². The van der Waals surface area contributed by atoms with Crippen LogP contribution in [-0.2, 0) is 0 Å². The second kappa shape index (κ2) is 4.35. The summed E-state index contributed by atoms with van der Waals surface area (Å²) in [5.74, 6) is 0. The van der Waals surface area contributed by atoms with E-state index in [0.29, 0.717) is 0 Å². The number of aryl methyl sites for hydroxylation is 1. The lowest BCUT2D eigenvalue weighted by Gasteiger charge is -2.07. The minimum Gasteiger partial charge on any atom is -0.0801 e. The molecule has 0 aromatic heterocycles. The molecule has 0 amide bonds. The SMILES string of the molecule is Cc1cccc2cc3cc(C4=CCC=C4)ccc3cc12. The Kier molecular flexibility index (Phi) is 2.50. The molecule has 1 aliphatic rings. The van der Waals surface area contributed by atoms with Gasteiger partial charge < -0.3 is 0 Å². The quantitative estimate of drug-likeness (QED) is 0.494. The van der Waals surface area contributed by atoms with Crippen molar-refractivity contribution < 1.29 is 0 Å². The largest absolute Gasteiger partial charge is 0.0801 e. The maximum atomic E-state index is 2.31. The zero-order valence-electron chi connectivity index (χ0n) is 11.6. The molecule has 0 saturated carbocycles. The van der Waals surface area contributed by atoms with Gasteiger partial charge in [0, 0.05) is 0 Å². The summed E-state index contributed by atoms with van der Waals surface area (Å²) < 4.78 is 0. The van der Waals surface area contributed by atoms with Gasteiger partial charge in [0.2, 0.25) is 0 Å². The Hall–Kier alpha value is -2.34. The van der Waals surface area contributed by atoms with E-state index in [-0.39, 0.29) is 0 Å². The van der Waals surface area contributed by atoms with Crippen molar-refractivity contribution in [3.63, 3.8) is 0 Å². The Bertz CT molecular complexity index is 879. The monoisotopic (exact) mass is 256 g/mol. The Balaban J connectivity index is 1.98. The van der Waals surface area contributed by atoms with Gasteiger partial charge in [0.05, 0.1) is 0 Å². The molecule has 96 valence electrons. The standard InChI is InChI=1S/C20H16/c1-14-5-4-8-18-12-19-11-16(15-6-2-3-7-15)9-10-17(19)13-20(14)18/h2,4-13H,3H2,1H3. The first kappa shape index (κ1) is 11.5. The van der Waals surface area contributed by atoms with Gasteiger partial charge in [-0.2, -0.15) is 0 Å². The van der Waals surface area contributed by atoms with Gasteiger partial charge in [-0.1, -0.05) is 48.6 Å². The molecule has 0 nitrogen and oxygen atoms in total. The van der Waals surface area contributed by atoms with Gasteiger partial charge in [-0.25, -0.2) is 0 Å². The number of hydrogen-bond acceptors (Lipinski definition) is 0. The van der Waals surface area contributed by atoms with Crippen LogP contribution in [-0.4, -0.2) is 0 Å². The Morgan fingerprint density at radius 2 is 1.80 bits per heavy atom. The highest BCUT2D eigenvalue weighted by Crippen LogP contribution is 2.29. The van der Waals surface area contributed by atoms with Crippen LogP contribution in [0.4, 0.5) is 0 Å². The summed E-state index contributed by atoms with van der Waals surface area (Å²) in [7, 11) is 0. The second-order valence-electron chi connectivity index (χ2n) is 5.51. The molecule has 0 fully saturated rings. The molecule has 0 unspecified atom stereocenters. The highest BCUT2D eigenvalue weighted by molar-refractivity contribution is 6.00. The minimum atomic E-state index is 1.06. The summed E-state index contributed by atoms with van der Waals surface area (Å²) in [5.41, 5.74) is 4.00. The summed E-state index contributed by atoms with van der Waals surface area (Å²) in [6, 6.07) is 17.9. The Morgan fingerprint density at radius 3 is 2.65 bits per heavy atom. The van der Waals surface area contributed by atoms with E-state index >= 15 is 0 Å². The zero-order valence-corrected chi connectivity index (χ0v) is 11.6. The van der Waals surface area contributed by atoms with Crippen LogP contribution >= 0.6 is 0 Å². The topological polar surface area (TPSA) is 0 Å². The molecule has 0 heterocycles. The number of benzene rings is 3. The molecule has 0 heteroatoms. The van der Waals surface area contributed by atoms with Gasteiger partial charge in [-0.05, 0) is 69.8 Å². The molecule has 0 aliphatic heterocycles. The van der Waals surface area contributed by atoms with Crippen molar-refractivity contribution in [3.05, 3.63) is 77.9 Å². The molecule has 3 aromatic carbocycles. The predicted molar refractivity (Wildman–Crippen MR) is 87.9 cm³/mol. The fourth-order valence-corrected chi connectivity index (χ4v) is 3.03. The molecular formula is C20H16. The molecule has 3 aromatic rings. The Labute approximate surface area is 119 Å². The summed E-state index contributed by atoms with van der Waals surface area (Å²) in [5, 5.41) is 5.32. The van der Waals surface area contributed by atoms with Gasteiger partial charge in [-0.3, -0.25) is 0 Å². The number of allylic oxidation sites excluding steroid dienone is 4. The highest BCUT2D eigenvalue weighted by atomic mass is 14.1. The first-order valence-corrected chi connectivity index (χ1v) is 7.11. The summed E-state index contributed by atoms with van der Waals surface area (Å²) >= 11 is 0. The number of rotatable bonds is 1. The van der Waals surface area contributed by atoms with Crippen molar-refractivity contribution in [2.75, 3.05) is 0 Å². The third kappa shape index (κ3) is 1.77. The summed E-state index contributed by atoms with van der Waals surface area (Å²) in [6.07, 6.45) is 7.77. The van der Waals surface area contributed by atoms with Crippen molar-refractivity contribution in [2.24, 2.45) is 0 Å². The first-order valence-electron chi connectivity index (χ1n) is 7.11. The average molecular weight is 256 g/mol. The zero-order chi connectivity index (χ0) is 13.5. The van der Waals surface area contributed by atoms with E-state index in [9.17, 15) is 0 Å². The van der Waals surface area contributed by atoms with Crippen molar-refractivity contribution in [2.45, 2.75) is 13.3 Å². The van der Waals surface area contributed by atoms with Crippen LogP contribution in [0.25, 0.3) is 27.1 Å².